The Bertz CT molecular complexity index is 603. The van der Waals surface area contributed by atoms with E-state index in [1.165, 1.54) is 0 Å². The third-order valence-electron chi connectivity index (χ3n) is 3.55. The van der Waals surface area contributed by atoms with Crippen LogP contribution in [0.3, 0.4) is 0 Å². The standard InChI is InChI=1S/C16H14O3/c1-3-8-16(2)9-12-13(17)10-6-4-5-7-11(10)14(18)15(12)19-16/h3-8H,9H2,1-2H3. The van der Waals surface area contributed by atoms with Crippen LogP contribution in [0.2, 0.25) is 0 Å². The molecule has 0 aromatic heterocycles. The predicted octanol–water partition coefficient (Wildman–Crippen LogP) is 3.07. The number of carbonyl (C=O) groups excluding carboxylic acids is 2. The first-order chi connectivity index (χ1) is 9.06. The summed E-state index contributed by atoms with van der Waals surface area (Å²) in [4.78, 5) is 24.8. The third kappa shape index (κ3) is 1.65. The van der Waals surface area contributed by atoms with Gasteiger partial charge in [-0.1, -0.05) is 30.3 Å². The van der Waals surface area contributed by atoms with Crippen LogP contribution in [0.4, 0.5) is 0 Å². The fourth-order valence-electron chi connectivity index (χ4n) is 2.74. The lowest BCUT2D eigenvalue weighted by Gasteiger charge is -2.20. The largest absolute Gasteiger partial charge is 0.479 e. The summed E-state index contributed by atoms with van der Waals surface area (Å²) in [7, 11) is 0. The highest BCUT2D eigenvalue weighted by atomic mass is 16.5. The molecule has 1 heterocycles. The van der Waals surface area contributed by atoms with Gasteiger partial charge >= 0.3 is 0 Å². The van der Waals surface area contributed by atoms with Gasteiger partial charge in [-0.25, -0.2) is 0 Å². The van der Waals surface area contributed by atoms with Crippen molar-refractivity contribution in [1.29, 1.82) is 0 Å². The van der Waals surface area contributed by atoms with Crippen molar-refractivity contribution in [3.8, 4) is 0 Å². The van der Waals surface area contributed by atoms with Crippen LogP contribution in [0.5, 0.6) is 0 Å². The monoisotopic (exact) mass is 254 g/mol. The van der Waals surface area contributed by atoms with Crippen molar-refractivity contribution in [3.63, 3.8) is 0 Å². The Hall–Kier alpha value is -2.16. The molecule has 1 unspecified atom stereocenters. The fraction of sp³-hybridized carbons (Fsp3) is 0.250. The molecule has 0 saturated heterocycles. The molecule has 3 heteroatoms. The van der Waals surface area contributed by atoms with E-state index >= 15 is 0 Å². The minimum atomic E-state index is -0.590. The Balaban J connectivity index is 2.09. The van der Waals surface area contributed by atoms with E-state index in [0.717, 1.165) is 0 Å². The van der Waals surface area contributed by atoms with E-state index < -0.39 is 5.60 Å². The van der Waals surface area contributed by atoms with E-state index in [0.29, 0.717) is 23.1 Å². The molecule has 2 aliphatic rings. The molecular formula is C16H14O3. The van der Waals surface area contributed by atoms with Crippen LogP contribution in [0.1, 0.15) is 41.0 Å². The second-order valence-corrected chi connectivity index (χ2v) is 5.10. The van der Waals surface area contributed by atoms with Gasteiger partial charge in [0.25, 0.3) is 0 Å². The third-order valence-corrected chi connectivity index (χ3v) is 3.55. The first kappa shape index (κ1) is 11.9. The number of Topliss-reactive ketones (excluding diaryl/α,β-unsaturated/α-hetero) is 2. The lowest BCUT2D eigenvalue weighted by molar-refractivity contribution is 0.0670. The zero-order valence-corrected chi connectivity index (χ0v) is 10.9. The molecule has 0 amide bonds. The quantitative estimate of drug-likeness (QED) is 0.723. The second kappa shape index (κ2) is 3.92. The topological polar surface area (TPSA) is 43.4 Å². The van der Waals surface area contributed by atoms with Crippen LogP contribution in [0.25, 0.3) is 0 Å². The van der Waals surface area contributed by atoms with E-state index in [1.807, 2.05) is 26.0 Å². The Morgan fingerprint density at radius 1 is 1.16 bits per heavy atom. The first-order valence-electron chi connectivity index (χ1n) is 6.30. The van der Waals surface area contributed by atoms with Crippen LogP contribution in [-0.4, -0.2) is 17.2 Å². The van der Waals surface area contributed by atoms with Gasteiger partial charge in [-0.15, -0.1) is 0 Å². The minimum Gasteiger partial charge on any atom is -0.479 e. The van der Waals surface area contributed by atoms with Gasteiger partial charge in [0.2, 0.25) is 5.78 Å². The highest BCUT2D eigenvalue weighted by Gasteiger charge is 2.44. The summed E-state index contributed by atoms with van der Waals surface area (Å²) in [6, 6.07) is 6.91. The summed E-state index contributed by atoms with van der Waals surface area (Å²) < 4.78 is 5.76. The first-order valence-corrected chi connectivity index (χ1v) is 6.30. The number of hydrogen-bond donors (Lipinski definition) is 0. The Morgan fingerprint density at radius 3 is 2.42 bits per heavy atom. The van der Waals surface area contributed by atoms with Crippen LogP contribution in [0, 0.1) is 0 Å². The lowest BCUT2D eigenvalue weighted by atomic mass is 9.85. The zero-order chi connectivity index (χ0) is 13.6. The highest BCUT2D eigenvalue weighted by molar-refractivity contribution is 6.26. The molecule has 3 rings (SSSR count). The van der Waals surface area contributed by atoms with Gasteiger partial charge in [-0.2, -0.15) is 0 Å². The Morgan fingerprint density at radius 2 is 1.79 bits per heavy atom. The van der Waals surface area contributed by atoms with Crippen LogP contribution >= 0.6 is 0 Å². The molecule has 1 aromatic rings. The highest BCUT2D eigenvalue weighted by Crippen LogP contribution is 2.41. The van der Waals surface area contributed by atoms with Gasteiger partial charge in [-0.3, -0.25) is 9.59 Å². The summed E-state index contributed by atoms with van der Waals surface area (Å²) >= 11 is 0. The molecule has 0 radical (unpaired) electrons. The molecule has 0 bridgehead atoms. The van der Waals surface area contributed by atoms with E-state index in [4.69, 9.17) is 4.74 Å². The van der Waals surface area contributed by atoms with Gasteiger partial charge in [0.1, 0.15) is 5.60 Å². The average molecular weight is 254 g/mol. The molecule has 0 spiro atoms. The van der Waals surface area contributed by atoms with Crippen LogP contribution in [0.15, 0.2) is 47.7 Å². The number of rotatable bonds is 1. The fourth-order valence-corrected chi connectivity index (χ4v) is 2.74. The molecule has 0 saturated carbocycles. The molecule has 0 N–H and O–H groups in total. The van der Waals surface area contributed by atoms with Crippen molar-refractivity contribution in [3.05, 3.63) is 58.9 Å². The number of carbonyl (C=O) groups is 2. The van der Waals surface area contributed by atoms with E-state index in [9.17, 15) is 9.59 Å². The number of benzene rings is 1. The van der Waals surface area contributed by atoms with Crippen LogP contribution in [-0.2, 0) is 4.74 Å². The maximum atomic E-state index is 12.4. The van der Waals surface area contributed by atoms with Crippen molar-refractivity contribution < 1.29 is 14.3 Å². The molecule has 96 valence electrons. The number of ketones is 2. The zero-order valence-electron chi connectivity index (χ0n) is 10.9. The van der Waals surface area contributed by atoms with Crippen molar-refractivity contribution in [2.75, 3.05) is 0 Å². The molecule has 1 aliphatic heterocycles. The van der Waals surface area contributed by atoms with Crippen molar-refractivity contribution in [2.45, 2.75) is 25.9 Å². The molecular weight excluding hydrogens is 240 g/mol. The van der Waals surface area contributed by atoms with Crippen molar-refractivity contribution >= 4 is 11.6 Å². The minimum absolute atomic E-state index is 0.0848. The molecule has 1 aromatic carbocycles. The van der Waals surface area contributed by atoms with Crippen molar-refractivity contribution in [2.24, 2.45) is 0 Å². The van der Waals surface area contributed by atoms with Gasteiger partial charge in [0.15, 0.2) is 11.5 Å². The predicted molar refractivity (Wildman–Crippen MR) is 71.1 cm³/mol. The van der Waals surface area contributed by atoms with E-state index in [2.05, 4.69) is 0 Å². The van der Waals surface area contributed by atoms with Gasteiger partial charge in [0, 0.05) is 17.5 Å². The number of ether oxygens (including phenoxy) is 1. The molecule has 3 nitrogen and oxygen atoms in total. The SMILES string of the molecule is CC=CC1(C)CC2=C(O1)C(=O)c1ccccc1C2=O. The number of fused-ring (bicyclic) bond motifs is 1. The molecule has 1 atom stereocenters. The summed E-state index contributed by atoms with van der Waals surface area (Å²) in [6.45, 7) is 3.78. The normalized spacial score (nSPS) is 25.6. The van der Waals surface area contributed by atoms with E-state index in [-0.39, 0.29) is 17.3 Å². The Labute approximate surface area is 111 Å². The summed E-state index contributed by atoms with van der Waals surface area (Å²) in [5, 5.41) is 0. The summed E-state index contributed by atoms with van der Waals surface area (Å²) in [5.41, 5.74) is 0.840. The van der Waals surface area contributed by atoms with E-state index in [1.54, 1.807) is 24.3 Å². The van der Waals surface area contributed by atoms with Gasteiger partial charge in [0.05, 0.1) is 5.57 Å². The second-order valence-electron chi connectivity index (χ2n) is 5.10. The molecule has 0 fully saturated rings. The summed E-state index contributed by atoms with van der Waals surface area (Å²) in [6.07, 6.45) is 4.21. The summed E-state index contributed by atoms with van der Waals surface area (Å²) in [5.74, 6) is -0.0406. The molecule has 19 heavy (non-hydrogen) atoms. The van der Waals surface area contributed by atoms with Gasteiger partial charge < -0.3 is 4.74 Å². The molecule has 1 aliphatic carbocycles. The maximum Gasteiger partial charge on any atom is 0.228 e. The number of allylic oxidation sites excluding steroid dienone is 2. The Kier molecular flexibility index (Phi) is 2.45. The number of hydrogen-bond acceptors (Lipinski definition) is 3. The smallest absolute Gasteiger partial charge is 0.228 e. The van der Waals surface area contributed by atoms with Gasteiger partial charge in [-0.05, 0) is 19.9 Å². The lowest BCUT2D eigenvalue weighted by Crippen LogP contribution is -2.21. The van der Waals surface area contributed by atoms with Crippen molar-refractivity contribution in [1.82, 2.24) is 0 Å². The average Bonchev–Trinajstić information content (AvgIpc) is 2.75. The van der Waals surface area contributed by atoms with Crippen LogP contribution < -0.4 is 0 Å². The maximum absolute atomic E-state index is 12.4.